The number of hydrogen-bond acceptors (Lipinski definition) is 4. The van der Waals surface area contributed by atoms with Crippen LogP contribution in [-0.2, 0) is 19.1 Å². The van der Waals surface area contributed by atoms with Gasteiger partial charge in [0.15, 0.2) is 5.41 Å². The molecule has 0 aromatic carbocycles. The third-order valence-electron chi connectivity index (χ3n) is 3.26. The van der Waals surface area contributed by atoms with Gasteiger partial charge in [-0.3, -0.25) is 9.59 Å². The second-order valence-electron chi connectivity index (χ2n) is 4.42. The van der Waals surface area contributed by atoms with Crippen molar-refractivity contribution < 1.29 is 19.1 Å². The topological polar surface area (TPSA) is 52.6 Å². The van der Waals surface area contributed by atoms with Crippen LogP contribution in [-0.4, -0.2) is 25.2 Å². The smallest absolute Gasteiger partial charge is 0.327 e. The first kappa shape index (κ1) is 17.7. The molecule has 0 rings (SSSR count). The zero-order valence-corrected chi connectivity index (χ0v) is 12.7. The fraction of sp³-hybridized carbons (Fsp3) is 0.733. The molecule has 4 heteroatoms. The van der Waals surface area contributed by atoms with Crippen LogP contribution in [0.2, 0.25) is 0 Å². The number of hydrogen-bond donors (Lipinski definition) is 0. The lowest BCUT2D eigenvalue weighted by Crippen LogP contribution is -2.43. The van der Waals surface area contributed by atoms with Gasteiger partial charge >= 0.3 is 11.9 Å². The second kappa shape index (κ2) is 8.73. The minimum Gasteiger partial charge on any atom is -0.465 e. The van der Waals surface area contributed by atoms with Crippen molar-refractivity contribution in [2.75, 3.05) is 13.2 Å². The van der Waals surface area contributed by atoms with Crippen molar-refractivity contribution in [2.45, 2.75) is 53.9 Å². The minimum atomic E-state index is -1.28. The van der Waals surface area contributed by atoms with Crippen molar-refractivity contribution in [1.29, 1.82) is 0 Å². The number of unbranched alkanes of at least 4 members (excludes halogenated alkanes) is 1. The van der Waals surface area contributed by atoms with Gasteiger partial charge in [-0.05, 0) is 39.7 Å². The quantitative estimate of drug-likeness (QED) is 0.386. The molecule has 0 bridgehead atoms. The predicted molar refractivity (Wildman–Crippen MR) is 74.7 cm³/mol. The lowest BCUT2D eigenvalue weighted by atomic mass is 9.76. The zero-order chi connectivity index (χ0) is 14.9. The zero-order valence-electron chi connectivity index (χ0n) is 12.7. The highest BCUT2D eigenvalue weighted by molar-refractivity contribution is 6.03. The van der Waals surface area contributed by atoms with E-state index in [9.17, 15) is 9.59 Å². The minimum absolute atomic E-state index is 0.253. The molecule has 0 aromatic rings. The summed E-state index contributed by atoms with van der Waals surface area (Å²) in [6.07, 6.45) is 3.88. The molecule has 0 unspecified atom stereocenters. The van der Waals surface area contributed by atoms with Gasteiger partial charge in [-0.25, -0.2) is 0 Å². The van der Waals surface area contributed by atoms with Gasteiger partial charge in [0.1, 0.15) is 0 Å². The number of allylic oxidation sites excluding steroid dienone is 1. The van der Waals surface area contributed by atoms with Crippen LogP contribution in [0, 0.1) is 5.41 Å². The third-order valence-corrected chi connectivity index (χ3v) is 3.26. The summed E-state index contributed by atoms with van der Waals surface area (Å²) in [6, 6.07) is 0. The number of ether oxygens (including phenoxy) is 2. The van der Waals surface area contributed by atoms with Gasteiger partial charge in [0, 0.05) is 0 Å². The summed E-state index contributed by atoms with van der Waals surface area (Å²) in [5.41, 5.74) is -0.589. The fourth-order valence-electron chi connectivity index (χ4n) is 2.00. The summed E-state index contributed by atoms with van der Waals surface area (Å²) in [5.74, 6) is -1.00. The molecule has 4 nitrogen and oxygen atoms in total. The monoisotopic (exact) mass is 270 g/mol. The Kier molecular flexibility index (Phi) is 8.12. The van der Waals surface area contributed by atoms with E-state index in [0.717, 1.165) is 12.8 Å². The van der Waals surface area contributed by atoms with Crippen LogP contribution < -0.4 is 0 Å². The van der Waals surface area contributed by atoms with Gasteiger partial charge in [-0.2, -0.15) is 0 Å². The molecule has 0 aliphatic heterocycles. The average molecular weight is 270 g/mol. The Balaban J connectivity index is 5.57. The van der Waals surface area contributed by atoms with E-state index in [4.69, 9.17) is 9.47 Å². The summed E-state index contributed by atoms with van der Waals surface area (Å²) in [7, 11) is 0. The normalized spacial score (nSPS) is 12.2. The molecule has 0 fully saturated rings. The molecule has 0 atom stereocenters. The van der Waals surface area contributed by atoms with E-state index in [1.807, 2.05) is 13.8 Å². The largest absolute Gasteiger partial charge is 0.465 e. The fourth-order valence-corrected chi connectivity index (χ4v) is 2.00. The molecule has 0 radical (unpaired) electrons. The molecule has 0 saturated carbocycles. The molecule has 0 spiro atoms. The number of carbonyl (C=O) groups excluding carboxylic acids is 2. The molecular weight excluding hydrogens is 244 g/mol. The molecule has 0 amide bonds. The standard InChI is InChI=1S/C15H26O4/c1-6-10-11-15(12(5)7-2,13(16)18-8-3)14(17)19-9-4/h7H,6,8-11H2,1-5H3/b12-7-. The maximum Gasteiger partial charge on any atom is 0.327 e. The summed E-state index contributed by atoms with van der Waals surface area (Å²) >= 11 is 0. The van der Waals surface area contributed by atoms with Crippen molar-refractivity contribution in [1.82, 2.24) is 0 Å². The molecular formula is C15H26O4. The Hall–Kier alpha value is -1.32. The predicted octanol–water partition coefficient (Wildman–Crippen LogP) is 3.26. The van der Waals surface area contributed by atoms with Crippen LogP contribution in [0.1, 0.15) is 53.9 Å². The van der Waals surface area contributed by atoms with Crippen LogP contribution >= 0.6 is 0 Å². The van der Waals surface area contributed by atoms with Crippen LogP contribution in [0.3, 0.4) is 0 Å². The molecule has 0 aromatic heterocycles. The summed E-state index contributed by atoms with van der Waals surface area (Å²) in [5, 5.41) is 0. The third kappa shape index (κ3) is 4.08. The highest BCUT2D eigenvalue weighted by Crippen LogP contribution is 2.36. The van der Waals surface area contributed by atoms with Crippen molar-refractivity contribution >= 4 is 11.9 Å². The molecule has 0 aliphatic rings. The Bertz CT molecular complexity index is 313. The summed E-state index contributed by atoms with van der Waals surface area (Å²) in [6.45, 7) is 9.59. The van der Waals surface area contributed by atoms with Crippen LogP contribution in [0.5, 0.6) is 0 Å². The van der Waals surface area contributed by atoms with E-state index >= 15 is 0 Å². The Morgan fingerprint density at radius 3 is 1.84 bits per heavy atom. The highest BCUT2D eigenvalue weighted by atomic mass is 16.6. The molecule has 0 saturated heterocycles. The molecule has 0 heterocycles. The second-order valence-corrected chi connectivity index (χ2v) is 4.42. The van der Waals surface area contributed by atoms with E-state index < -0.39 is 17.4 Å². The first-order chi connectivity index (χ1) is 9.00. The van der Waals surface area contributed by atoms with E-state index in [1.165, 1.54) is 0 Å². The maximum atomic E-state index is 12.3. The molecule has 19 heavy (non-hydrogen) atoms. The van der Waals surface area contributed by atoms with E-state index in [1.54, 1.807) is 26.8 Å². The van der Waals surface area contributed by atoms with Crippen molar-refractivity contribution in [3.8, 4) is 0 Å². The Labute approximate surface area is 116 Å². The first-order valence-corrected chi connectivity index (χ1v) is 6.98. The van der Waals surface area contributed by atoms with Crippen LogP contribution in [0.4, 0.5) is 0 Å². The Morgan fingerprint density at radius 2 is 1.53 bits per heavy atom. The van der Waals surface area contributed by atoms with E-state index in [2.05, 4.69) is 0 Å². The first-order valence-electron chi connectivity index (χ1n) is 6.98. The van der Waals surface area contributed by atoms with Gasteiger partial charge in [0.2, 0.25) is 0 Å². The van der Waals surface area contributed by atoms with E-state index in [0.29, 0.717) is 12.0 Å². The van der Waals surface area contributed by atoms with Crippen molar-refractivity contribution in [3.05, 3.63) is 11.6 Å². The van der Waals surface area contributed by atoms with E-state index in [-0.39, 0.29) is 13.2 Å². The van der Waals surface area contributed by atoms with Gasteiger partial charge in [0.05, 0.1) is 13.2 Å². The van der Waals surface area contributed by atoms with Gasteiger partial charge in [0.25, 0.3) is 0 Å². The molecule has 0 aliphatic carbocycles. The lowest BCUT2D eigenvalue weighted by Gasteiger charge is -2.30. The lowest BCUT2D eigenvalue weighted by molar-refractivity contribution is -0.169. The molecule has 110 valence electrons. The number of carbonyl (C=O) groups is 2. The van der Waals surface area contributed by atoms with Gasteiger partial charge in [-0.1, -0.05) is 25.8 Å². The Morgan fingerprint density at radius 1 is 1.05 bits per heavy atom. The maximum absolute atomic E-state index is 12.3. The van der Waals surface area contributed by atoms with Crippen molar-refractivity contribution in [3.63, 3.8) is 0 Å². The van der Waals surface area contributed by atoms with Gasteiger partial charge in [-0.15, -0.1) is 0 Å². The number of rotatable bonds is 8. The average Bonchev–Trinajstić information content (AvgIpc) is 2.39. The summed E-state index contributed by atoms with van der Waals surface area (Å²) in [4.78, 5) is 24.6. The number of esters is 2. The van der Waals surface area contributed by atoms with Crippen molar-refractivity contribution in [2.24, 2.45) is 5.41 Å². The SMILES string of the molecule is C/C=C(/C)C(CCCC)(C(=O)OCC)C(=O)OCC. The van der Waals surface area contributed by atoms with Crippen LogP contribution in [0.25, 0.3) is 0 Å². The van der Waals surface area contributed by atoms with Gasteiger partial charge < -0.3 is 9.47 Å². The molecule has 0 N–H and O–H groups in total. The summed E-state index contributed by atoms with van der Waals surface area (Å²) < 4.78 is 10.2. The highest BCUT2D eigenvalue weighted by Gasteiger charge is 2.49. The van der Waals surface area contributed by atoms with Crippen LogP contribution in [0.15, 0.2) is 11.6 Å².